The summed E-state index contributed by atoms with van der Waals surface area (Å²) in [6, 6.07) is 12.5. The van der Waals surface area contributed by atoms with Gasteiger partial charge in [-0.3, -0.25) is 20.4 Å². The SMILES string of the molecule is CC(Oc1ccc(Cl)cc1)C(=O)NNC(=O)Cc1csc(-c2ccc(F)cc2)n1. The molecule has 150 valence electrons. The highest BCUT2D eigenvalue weighted by Crippen LogP contribution is 2.24. The number of nitrogens with one attached hydrogen (secondary N) is 2. The second-order valence-electron chi connectivity index (χ2n) is 6.08. The molecule has 3 aromatic rings. The predicted octanol–water partition coefficient (Wildman–Crippen LogP) is 3.76. The standard InChI is InChI=1S/C20H17ClFN3O3S/c1-12(28-17-8-4-14(21)5-9-17)19(27)25-24-18(26)10-16-11-29-20(23-16)13-2-6-15(22)7-3-13/h2-9,11-12H,10H2,1H3,(H,24,26)(H,25,27). The number of halogens is 2. The number of hydrogen-bond donors (Lipinski definition) is 2. The van der Waals surface area contributed by atoms with Crippen LogP contribution in [-0.4, -0.2) is 22.9 Å². The highest BCUT2D eigenvalue weighted by molar-refractivity contribution is 7.13. The topological polar surface area (TPSA) is 80.3 Å². The number of hydrazine groups is 1. The second-order valence-corrected chi connectivity index (χ2v) is 7.37. The maximum atomic E-state index is 13.0. The van der Waals surface area contributed by atoms with Gasteiger partial charge in [0.05, 0.1) is 12.1 Å². The minimum absolute atomic E-state index is 0.00953. The zero-order valence-corrected chi connectivity index (χ0v) is 16.9. The Balaban J connectivity index is 1.47. The van der Waals surface area contributed by atoms with Crippen LogP contribution in [0.5, 0.6) is 5.75 Å². The van der Waals surface area contributed by atoms with Crippen LogP contribution in [0.25, 0.3) is 10.6 Å². The van der Waals surface area contributed by atoms with Gasteiger partial charge in [0, 0.05) is 16.0 Å². The third-order valence-corrected chi connectivity index (χ3v) is 5.00. The number of rotatable bonds is 6. The fourth-order valence-electron chi connectivity index (χ4n) is 2.33. The number of hydrogen-bond acceptors (Lipinski definition) is 5. The Morgan fingerprint density at radius 1 is 1.14 bits per heavy atom. The zero-order chi connectivity index (χ0) is 20.8. The van der Waals surface area contributed by atoms with Crippen LogP contribution in [0.15, 0.2) is 53.9 Å². The van der Waals surface area contributed by atoms with Gasteiger partial charge < -0.3 is 4.74 Å². The molecule has 0 spiro atoms. The maximum Gasteiger partial charge on any atom is 0.279 e. The molecular weight excluding hydrogens is 417 g/mol. The van der Waals surface area contributed by atoms with Crippen molar-refractivity contribution in [1.29, 1.82) is 0 Å². The number of amides is 2. The van der Waals surface area contributed by atoms with E-state index in [4.69, 9.17) is 16.3 Å². The number of thiazole rings is 1. The predicted molar refractivity (Wildman–Crippen MR) is 109 cm³/mol. The molecule has 29 heavy (non-hydrogen) atoms. The van der Waals surface area contributed by atoms with Gasteiger partial charge in [-0.2, -0.15) is 0 Å². The Labute approximate surface area is 175 Å². The molecular formula is C20H17ClFN3O3S. The van der Waals surface area contributed by atoms with E-state index >= 15 is 0 Å². The van der Waals surface area contributed by atoms with E-state index in [0.717, 1.165) is 5.56 Å². The van der Waals surface area contributed by atoms with Gasteiger partial charge in [-0.15, -0.1) is 11.3 Å². The molecule has 9 heteroatoms. The molecule has 0 aliphatic carbocycles. The van der Waals surface area contributed by atoms with Gasteiger partial charge in [-0.1, -0.05) is 11.6 Å². The summed E-state index contributed by atoms with van der Waals surface area (Å²) >= 11 is 7.15. The molecule has 1 aromatic heterocycles. The van der Waals surface area contributed by atoms with Crippen LogP contribution < -0.4 is 15.6 Å². The quantitative estimate of drug-likeness (QED) is 0.580. The molecule has 2 aromatic carbocycles. The van der Waals surface area contributed by atoms with Crippen molar-refractivity contribution in [3.05, 3.63) is 70.4 Å². The van der Waals surface area contributed by atoms with Crippen LogP contribution >= 0.6 is 22.9 Å². The average Bonchev–Trinajstić information content (AvgIpc) is 3.16. The van der Waals surface area contributed by atoms with Gasteiger partial charge in [-0.05, 0) is 55.5 Å². The van der Waals surface area contributed by atoms with E-state index < -0.39 is 17.9 Å². The van der Waals surface area contributed by atoms with Crippen molar-refractivity contribution >= 4 is 34.8 Å². The largest absolute Gasteiger partial charge is 0.481 e. The van der Waals surface area contributed by atoms with Crippen LogP contribution in [0.2, 0.25) is 5.02 Å². The van der Waals surface area contributed by atoms with Crippen molar-refractivity contribution < 1.29 is 18.7 Å². The molecule has 0 radical (unpaired) electrons. The van der Waals surface area contributed by atoms with E-state index in [0.29, 0.717) is 21.5 Å². The minimum Gasteiger partial charge on any atom is -0.481 e. The Morgan fingerprint density at radius 3 is 2.52 bits per heavy atom. The summed E-state index contributed by atoms with van der Waals surface area (Å²) in [6.07, 6.45) is -0.828. The number of nitrogens with zero attached hydrogens (tertiary/aromatic N) is 1. The highest BCUT2D eigenvalue weighted by Gasteiger charge is 2.16. The first kappa shape index (κ1) is 20.8. The fourth-order valence-corrected chi connectivity index (χ4v) is 3.28. The van der Waals surface area contributed by atoms with Crippen molar-refractivity contribution in [3.8, 4) is 16.3 Å². The summed E-state index contributed by atoms with van der Waals surface area (Å²) in [7, 11) is 0. The van der Waals surface area contributed by atoms with Crippen molar-refractivity contribution in [2.45, 2.75) is 19.4 Å². The Bertz CT molecular complexity index is 993. The summed E-state index contributed by atoms with van der Waals surface area (Å²) in [5.41, 5.74) is 5.98. The van der Waals surface area contributed by atoms with Crippen LogP contribution in [0.4, 0.5) is 4.39 Å². The number of benzene rings is 2. The van der Waals surface area contributed by atoms with Gasteiger partial charge in [-0.25, -0.2) is 9.37 Å². The van der Waals surface area contributed by atoms with Gasteiger partial charge in [0.15, 0.2) is 6.10 Å². The molecule has 0 saturated heterocycles. The summed E-state index contributed by atoms with van der Waals surface area (Å²) in [4.78, 5) is 28.5. The van der Waals surface area contributed by atoms with E-state index in [1.165, 1.54) is 23.5 Å². The number of carbonyl (C=O) groups is 2. The lowest BCUT2D eigenvalue weighted by atomic mass is 10.2. The molecule has 0 aliphatic rings. The Kier molecular flexibility index (Phi) is 6.79. The summed E-state index contributed by atoms with van der Waals surface area (Å²) < 4.78 is 18.5. The zero-order valence-electron chi connectivity index (χ0n) is 15.3. The average molecular weight is 434 g/mol. The lowest BCUT2D eigenvalue weighted by Gasteiger charge is -2.15. The van der Waals surface area contributed by atoms with Crippen molar-refractivity contribution in [3.63, 3.8) is 0 Å². The monoisotopic (exact) mass is 433 g/mol. The second kappa shape index (κ2) is 9.49. The van der Waals surface area contributed by atoms with Crippen LogP contribution in [0.3, 0.4) is 0 Å². The summed E-state index contributed by atoms with van der Waals surface area (Å²) in [5, 5.41) is 2.99. The molecule has 0 fully saturated rings. The van der Waals surface area contributed by atoms with Crippen LogP contribution in [0.1, 0.15) is 12.6 Å². The van der Waals surface area contributed by atoms with Gasteiger partial charge in [0.2, 0.25) is 5.91 Å². The molecule has 2 amide bonds. The van der Waals surface area contributed by atoms with Gasteiger partial charge >= 0.3 is 0 Å². The normalized spacial score (nSPS) is 11.6. The van der Waals surface area contributed by atoms with Crippen molar-refractivity contribution in [1.82, 2.24) is 15.8 Å². The molecule has 0 aliphatic heterocycles. The Morgan fingerprint density at radius 2 is 1.83 bits per heavy atom. The van der Waals surface area contributed by atoms with Crippen LogP contribution in [0, 0.1) is 5.82 Å². The third-order valence-electron chi connectivity index (χ3n) is 3.81. The molecule has 1 unspecified atom stereocenters. The molecule has 6 nitrogen and oxygen atoms in total. The molecule has 0 bridgehead atoms. The van der Waals surface area contributed by atoms with Gasteiger partial charge in [0.1, 0.15) is 16.6 Å². The third kappa shape index (κ3) is 6.00. The first-order chi connectivity index (χ1) is 13.9. The molecule has 0 saturated carbocycles. The maximum absolute atomic E-state index is 13.0. The van der Waals surface area contributed by atoms with Crippen molar-refractivity contribution in [2.75, 3.05) is 0 Å². The smallest absolute Gasteiger partial charge is 0.279 e. The highest BCUT2D eigenvalue weighted by atomic mass is 35.5. The number of carbonyl (C=O) groups excluding carboxylic acids is 2. The van der Waals surface area contributed by atoms with Crippen molar-refractivity contribution in [2.24, 2.45) is 0 Å². The lowest BCUT2D eigenvalue weighted by Crippen LogP contribution is -2.47. The van der Waals surface area contributed by atoms with Gasteiger partial charge in [0.25, 0.3) is 5.91 Å². The lowest BCUT2D eigenvalue weighted by molar-refractivity contribution is -0.132. The Hall–Kier alpha value is -2.97. The summed E-state index contributed by atoms with van der Waals surface area (Å²) in [6.45, 7) is 1.56. The van der Waals surface area contributed by atoms with E-state index in [-0.39, 0.29) is 12.2 Å². The molecule has 3 rings (SSSR count). The van der Waals surface area contributed by atoms with E-state index in [1.807, 2.05) is 0 Å². The molecule has 1 heterocycles. The number of ether oxygens (including phenoxy) is 1. The molecule has 1 atom stereocenters. The van der Waals surface area contributed by atoms with E-state index in [1.54, 1.807) is 48.7 Å². The van der Waals surface area contributed by atoms with E-state index in [2.05, 4.69) is 15.8 Å². The fraction of sp³-hybridized carbons (Fsp3) is 0.150. The summed E-state index contributed by atoms with van der Waals surface area (Å²) in [5.74, 6) is -0.763. The first-order valence-corrected chi connectivity index (χ1v) is 9.88. The molecule has 2 N–H and O–H groups in total. The first-order valence-electron chi connectivity index (χ1n) is 8.62. The van der Waals surface area contributed by atoms with Crippen LogP contribution in [-0.2, 0) is 16.0 Å². The number of aromatic nitrogens is 1. The van der Waals surface area contributed by atoms with E-state index in [9.17, 15) is 14.0 Å². The minimum atomic E-state index is -0.819.